The number of Topliss-reactive ketones (excluding diaryl/α,β-unsaturated/α-hetero) is 1. The van der Waals surface area contributed by atoms with Crippen molar-refractivity contribution in [3.05, 3.63) is 75.7 Å². The van der Waals surface area contributed by atoms with Crippen molar-refractivity contribution in [1.29, 1.82) is 0 Å². The molecule has 2 heterocycles. The summed E-state index contributed by atoms with van der Waals surface area (Å²) in [4.78, 5) is 43.4. The van der Waals surface area contributed by atoms with Crippen molar-refractivity contribution in [1.82, 2.24) is 9.55 Å². The second-order valence-corrected chi connectivity index (χ2v) is 8.73. The molecule has 0 aliphatic rings. The summed E-state index contributed by atoms with van der Waals surface area (Å²) in [5.41, 5.74) is 2.53. The number of aromatic nitrogens is 2. The number of carbonyl (C=O) groups excluding carboxylic acids is 2. The normalized spacial score (nSPS) is 10.9. The van der Waals surface area contributed by atoms with Crippen LogP contribution in [0.4, 0.5) is 5.69 Å². The van der Waals surface area contributed by atoms with Gasteiger partial charge in [-0.05, 0) is 55.8 Å². The van der Waals surface area contributed by atoms with Crippen LogP contribution in [0, 0.1) is 6.92 Å². The average Bonchev–Trinajstić information content (AvgIpc) is 3.13. The van der Waals surface area contributed by atoms with Crippen molar-refractivity contribution in [2.45, 2.75) is 27.3 Å². The zero-order chi connectivity index (χ0) is 23.5. The molecule has 2 aromatic heterocycles. The van der Waals surface area contributed by atoms with Gasteiger partial charge in [-0.3, -0.25) is 19.0 Å². The fourth-order valence-electron chi connectivity index (χ4n) is 3.67. The lowest BCUT2D eigenvalue weighted by Crippen LogP contribution is -2.24. The molecular weight excluding hydrogens is 438 g/mol. The summed E-state index contributed by atoms with van der Waals surface area (Å²) in [5.74, 6) is 0.362. The van der Waals surface area contributed by atoms with E-state index < -0.39 is 0 Å². The highest BCUT2D eigenvalue weighted by molar-refractivity contribution is 7.19. The predicted octanol–water partition coefficient (Wildman–Crippen LogP) is 4.67. The van der Waals surface area contributed by atoms with Gasteiger partial charge in [-0.1, -0.05) is 12.1 Å². The maximum absolute atomic E-state index is 13.4. The Morgan fingerprint density at radius 3 is 2.42 bits per heavy atom. The zero-order valence-corrected chi connectivity index (χ0v) is 19.4. The summed E-state index contributed by atoms with van der Waals surface area (Å²) in [6.45, 7) is 5.76. The Bertz CT molecular complexity index is 1390. The van der Waals surface area contributed by atoms with E-state index in [0.717, 1.165) is 21.8 Å². The number of nitrogens with one attached hydrogen (secondary N) is 1. The van der Waals surface area contributed by atoms with Crippen LogP contribution in [0.2, 0.25) is 0 Å². The van der Waals surface area contributed by atoms with Crippen molar-refractivity contribution in [3.8, 4) is 16.9 Å². The fourth-order valence-corrected chi connectivity index (χ4v) is 4.67. The van der Waals surface area contributed by atoms with Gasteiger partial charge in [-0.25, -0.2) is 4.98 Å². The molecule has 2 aromatic carbocycles. The van der Waals surface area contributed by atoms with E-state index in [0.29, 0.717) is 28.1 Å². The molecule has 1 amide bonds. The molecule has 4 rings (SSSR count). The lowest BCUT2D eigenvalue weighted by atomic mass is 10.0. The lowest BCUT2D eigenvalue weighted by Gasteiger charge is -2.08. The van der Waals surface area contributed by atoms with E-state index in [2.05, 4.69) is 10.3 Å². The fraction of sp³-hybridized carbons (Fsp3) is 0.200. The number of amides is 1. The van der Waals surface area contributed by atoms with Crippen LogP contribution in [0.25, 0.3) is 21.3 Å². The third-order valence-electron chi connectivity index (χ3n) is 5.15. The highest BCUT2D eigenvalue weighted by Gasteiger charge is 2.18. The molecule has 168 valence electrons. The number of fused-ring (bicyclic) bond motifs is 1. The second-order valence-electron chi connectivity index (χ2n) is 7.53. The summed E-state index contributed by atoms with van der Waals surface area (Å²) < 4.78 is 6.86. The summed E-state index contributed by atoms with van der Waals surface area (Å²) >= 11 is 1.46. The van der Waals surface area contributed by atoms with Crippen LogP contribution in [0.3, 0.4) is 0 Å². The van der Waals surface area contributed by atoms with Crippen LogP contribution in [0.15, 0.2) is 59.7 Å². The number of ether oxygens (including phenoxy) is 1. The Morgan fingerprint density at radius 1 is 1.09 bits per heavy atom. The van der Waals surface area contributed by atoms with Gasteiger partial charge in [0.25, 0.3) is 5.56 Å². The van der Waals surface area contributed by atoms with Crippen molar-refractivity contribution in [2.24, 2.45) is 0 Å². The van der Waals surface area contributed by atoms with Crippen molar-refractivity contribution in [2.75, 3.05) is 11.9 Å². The first-order valence-electron chi connectivity index (χ1n) is 10.5. The molecule has 4 aromatic rings. The van der Waals surface area contributed by atoms with Crippen LogP contribution < -0.4 is 15.6 Å². The van der Waals surface area contributed by atoms with Gasteiger partial charge >= 0.3 is 0 Å². The van der Waals surface area contributed by atoms with Gasteiger partial charge < -0.3 is 10.1 Å². The molecule has 0 aliphatic carbocycles. The van der Waals surface area contributed by atoms with E-state index in [1.807, 2.05) is 38.1 Å². The number of carbonyl (C=O) groups is 2. The molecule has 0 saturated heterocycles. The van der Waals surface area contributed by atoms with Crippen molar-refractivity contribution in [3.63, 3.8) is 0 Å². The first-order chi connectivity index (χ1) is 15.9. The van der Waals surface area contributed by atoms with Gasteiger partial charge in [-0.2, -0.15) is 0 Å². The number of hydrogen-bond acceptors (Lipinski definition) is 6. The third-order valence-corrected chi connectivity index (χ3v) is 6.16. The minimum absolute atomic E-state index is 0.126. The third kappa shape index (κ3) is 4.70. The van der Waals surface area contributed by atoms with Crippen LogP contribution in [-0.2, 0) is 11.3 Å². The Kier molecular flexibility index (Phi) is 6.37. The van der Waals surface area contributed by atoms with Crippen LogP contribution >= 0.6 is 11.3 Å². The average molecular weight is 462 g/mol. The molecule has 0 unspecified atom stereocenters. The lowest BCUT2D eigenvalue weighted by molar-refractivity contribution is -0.114. The summed E-state index contributed by atoms with van der Waals surface area (Å²) in [6.07, 6.45) is 1.42. The highest BCUT2D eigenvalue weighted by atomic mass is 32.1. The molecule has 0 aliphatic heterocycles. The minimum atomic E-state index is -0.253. The number of nitrogens with zero attached hydrogens (tertiary/aromatic N) is 2. The number of rotatable bonds is 7. The predicted molar refractivity (Wildman–Crippen MR) is 130 cm³/mol. The first-order valence-corrected chi connectivity index (χ1v) is 11.3. The number of thiophene rings is 1. The molecule has 0 radical (unpaired) electrons. The largest absolute Gasteiger partial charge is 0.494 e. The monoisotopic (exact) mass is 461 g/mol. The maximum Gasteiger partial charge on any atom is 0.263 e. The Hall–Kier alpha value is -3.78. The van der Waals surface area contributed by atoms with Gasteiger partial charge in [0.1, 0.15) is 10.6 Å². The Morgan fingerprint density at radius 2 is 1.79 bits per heavy atom. The van der Waals surface area contributed by atoms with E-state index >= 15 is 0 Å². The second kappa shape index (κ2) is 9.38. The molecule has 0 saturated carbocycles. The zero-order valence-electron chi connectivity index (χ0n) is 18.5. The molecule has 0 atom stereocenters. The molecule has 0 spiro atoms. The van der Waals surface area contributed by atoms with Crippen LogP contribution in [-0.4, -0.2) is 27.8 Å². The smallest absolute Gasteiger partial charge is 0.263 e. The Labute approximate surface area is 194 Å². The number of hydrogen-bond donors (Lipinski definition) is 1. The van der Waals surface area contributed by atoms with Crippen LogP contribution in [0.5, 0.6) is 5.75 Å². The number of benzene rings is 2. The maximum atomic E-state index is 13.4. The highest BCUT2D eigenvalue weighted by Crippen LogP contribution is 2.36. The molecule has 8 heteroatoms. The number of anilines is 1. The number of aryl methyl sites for hydroxylation is 1. The Balaban J connectivity index is 1.66. The van der Waals surface area contributed by atoms with E-state index in [4.69, 9.17) is 4.74 Å². The number of ketones is 1. The minimum Gasteiger partial charge on any atom is -0.494 e. The molecular formula is C25H23N3O4S. The summed E-state index contributed by atoms with van der Waals surface area (Å²) in [7, 11) is 0. The van der Waals surface area contributed by atoms with E-state index in [-0.39, 0.29) is 23.8 Å². The topological polar surface area (TPSA) is 90.3 Å². The van der Waals surface area contributed by atoms with Gasteiger partial charge in [0.05, 0.1) is 24.9 Å². The van der Waals surface area contributed by atoms with E-state index in [1.165, 1.54) is 29.2 Å². The molecule has 33 heavy (non-hydrogen) atoms. The SMILES string of the molecule is CCOc1ccc(-c2c(C)sc3ncn(CC(=O)c4ccc(NC(C)=O)cc4)c(=O)c23)cc1. The van der Waals surface area contributed by atoms with Gasteiger partial charge in [-0.15, -0.1) is 11.3 Å². The van der Waals surface area contributed by atoms with E-state index in [1.54, 1.807) is 24.3 Å². The van der Waals surface area contributed by atoms with Gasteiger partial charge in [0.2, 0.25) is 5.91 Å². The van der Waals surface area contributed by atoms with Crippen molar-refractivity contribution >= 4 is 38.9 Å². The molecule has 1 N–H and O–H groups in total. The summed E-state index contributed by atoms with van der Waals surface area (Å²) in [6, 6.07) is 14.2. The van der Waals surface area contributed by atoms with Gasteiger partial charge in [0.15, 0.2) is 5.78 Å². The van der Waals surface area contributed by atoms with E-state index in [9.17, 15) is 14.4 Å². The van der Waals surface area contributed by atoms with Crippen molar-refractivity contribution < 1.29 is 14.3 Å². The standard InChI is InChI=1S/C25H23N3O4S/c1-4-32-20-11-7-18(8-12-20)22-15(2)33-24-23(22)25(31)28(14-26-24)13-21(30)17-5-9-19(10-6-17)27-16(3)29/h5-12,14H,4,13H2,1-3H3,(H,27,29). The van der Waals surface area contributed by atoms with Gasteiger partial charge in [0, 0.05) is 28.6 Å². The molecule has 0 fully saturated rings. The molecule has 7 nitrogen and oxygen atoms in total. The van der Waals surface area contributed by atoms with Crippen LogP contribution in [0.1, 0.15) is 29.1 Å². The summed E-state index contributed by atoms with van der Waals surface area (Å²) in [5, 5.41) is 3.17. The first kappa shape index (κ1) is 22.4. The molecule has 0 bridgehead atoms. The quantitative estimate of drug-likeness (QED) is 0.404.